The topological polar surface area (TPSA) is 38.0 Å². The fourth-order valence-corrected chi connectivity index (χ4v) is 2.40. The van der Waals surface area contributed by atoms with E-state index in [1.807, 2.05) is 0 Å². The van der Waals surface area contributed by atoms with Crippen LogP contribution in [0.3, 0.4) is 0 Å². The molecule has 0 amide bonds. The minimum Gasteiger partial charge on any atom is -0.328 e. The predicted octanol–water partition coefficient (Wildman–Crippen LogP) is 1.68. The van der Waals surface area contributed by atoms with Crippen molar-refractivity contribution in [3.8, 4) is 0 Å². The number of rotatable bonds is 0. The van der Waals surface area contributed by atoms with Crippen LogP contribution in [0.5, 0.6) is 0 Å². The third kappa shape index (κ3) is 3.30. The van der Waals surface area contributed by atoms with Crippen LogP contribution < -0.4 is 11.1 Å². The van der Waals surface area contributed by atoms with Crippen molar-refractivity contribution in [2.75, 3.05) is 0 Å². The molecule has 0 saturated carbocycles. The van der Waals surface area contributed by atoms with E-state index in [1.54, 1.807) is 0 Å². The van der Waals surface area contributed by atoms with Gasteiger partial charge in [-0.3, -0.25) is 0 Å². The molecule has 0 aromatic heterocycles. The molecule has 1 aliphatic rings. The number of piperidine rings is 1. The minimum atomic E-state index is 0. The molecule has 0 bridgehead atoms. The Bertz CT molecular complexity index is 139. The summed E-state index contributed by atoms with van der Waals surface area (Å²) in [7, 11) is 0. The Morgan fingerprint density at radius 2 is 1.42 bits per heavy atom. The van der Waals surface area contributed by atoms with Crippen molar-refractivity contribution in [2.24, 2.45) is 5.73 Å². The average Bonchev–Trinajstić information content (AvgIpc) is 1.49. The molecule has 12 heavy (non-hydrogen) atoms. The minimum absolute atomic E-state index is 0. The normalized spacial score (nSPS) is 27.8. The fraction of sp³-hybridized carbons (Fsp3) is 1.00. The third-order valence-electron chi connectivity index (χ3n) is 2.22. The first-order valence-corrected chi connectivity index (χ1v) is 4.36. The van der Waals surface area contributed by atoms with Crippen LogP contribution in [0, 0.1) is 0 Å². The molecule has 1 fully saturated rings. The lowest BCUT2D eigenvalue weighted by molar-refractivity contribution is 0.163. The van der Waals surface area contributed by atoms with E-state index in [2.05, 4.69) is 33.0 Å². The lowest BCUT2D eigenvalue weighted by atomic mass is 9.80. The van der Waals surface area contributed by atoms with E-state index in [0.29, 0.717) is 6.04 Å². The van der Waals surface area contributed by atoms with E-state index in [9.17, 15) is 0 Å². The summed E-state index contributed by atoms with van der Waals surface area (Å²) in [5.41, 5.74) is 6.36. The zero-order valence-electron chi connectivity index (χ0n) is 8.48. The summed E-state index contributed by atoms with van der Waals surface area (Å²) < 4.78 is 0. The number of halogens is 1. The van der Waals surface area contributed by atoms with Gasteiger partial charge in [0.05, 0.1) is 0 Å². The summed E-state index contributed by atoms with van der Waals surface area (Å²) in [6, 6.07) is 0.362. The smallest absolute Gasteiger partial charge is 0.0144 e. The summed E-state index contributed by atoms with van der Waals surface area (Å²) in [6.07, 6.45) is 2.16. The second-order valence-electron chi connectivity index (χ2n) is 5.06. The maximum absolute atomic E-state index is 5.95. The van der Waals surface area contributed by atoms with Gasteiger partial charge in [-0.05, 0) is 40.5 Å². The summed E-state index contributed by atoms with van der Waals surface area (Å²) in [4.78, 5) is 0. The van der Waals surface area contributed by atoms with Crippen molar-refractivity contribution >= 4 is 12.4 Å². The van der Waals surface area contributed by atoms with E-state index >= 15 is 0 Å². The Labute approximate surface area is 81.7 Å². The highest BCUT2D eigenvalue weighted by atomic mass is 35.5. The van der Waals surface area contributed by atoms with Gasteiger partial charge in [-0.1, -0.05) is 0 Å². The molecule has 3 N–H and O–H groups in total. The molecule has 0 aliphatic carbocycles. The van der Waals surface area contributed by atoms with E-state index in [-0.39, 0.29) is 23.5 Å². The zero-order valence-corrected chi connectivity index (χ0v) is 9.29. The number of nitrogens with two attached hydrogens (primary N) is 1. The van der Waals surface area contributed by atoms with E-state index in [0.717, 1.165) is 12.8 Å². The SMILES string of the molecule is CC1(C)CC(N)CC(C)(C)N1.Cl. The highest BCUT2D eigenvalue weighted by molar-refractivity contribution is 5.85. The molecule has 2 nitrogen and oxygen atoms in total. The summed E-state index contributed by atoms with van der Waals surface area (Å²) in [6.45, 7) is 8.86. The molecule has 0 aromatic carbocycles. The molecule has 0 aromatic rings. The van der Waals surface area contributed by atoms with Crippen LogP contribution >= 0.6 is 12.4 Å². The maximum Gasteiger partial charge on any atom is 0.0144 e. The highest BCUT2D eigenvalue weighted by Gasteiger charge is 2.35. The van der Waals surface area contributed by atoms with Crippen LogP contribution in [0.25, 0.3) is 0 Å². The van der Waals surface area contributed by atoms with Gasteiger partial charge >= 0.3 is 0 Å². The van der Waals surface area contributed by atoms with Gasteiger partial charge in [-0.25, -0.2) is 0 Å². The van der Waals surface area contributed by atoms with E-state index < -0.39 is 0 Å². The van der Waals surface area contributed by atoms with Gasteiger partial charge in [-0.15, -0.1) is 12.4 Å². The van der Waals surface area contributed by atoms with Crippen molar-refractivity contribution in [3.05, 3.63) is 0 Å². The summed E-state index contributed by atoms with van der Waals surface area (Å²) in [5, 5.41) is 3.58. The number of nitrogens with one attached hydrogen (secondary N) is 1. The van der Waals surface area contributed by atoms with Crippen molar-refractivity contribution < 1.29 is 0 Å². The van der Waals surface area contributed by atoms with E-state index in [1.165, 1.54) is 0 Å². The molecule has 1 saturated heterocycles. The van der Waals surface area contributed by atoms with Crippen molar-refractivity contribution in [2.45, 2.75) is 57.7 Å². The first kappa shape index (κ1) is 12.2. The van der Waals surface area contributed by atoms with Crippen molar-refractivity contribution in [1.82, 2.24) is 5.32 Å². The zero-order chi connectivity index (χ0) is 8.70. The Morgan fingerprint density at radius 3 is 1.67 bits per heavy atom. The number of hydrogen-bond donors (Lipinski definition) is 2. The van der Waals surface area contributed by atoms with Gasteiger partial charge < -0.3 is 11.1 Å². The Kier molecular flexibility index (Phi) is 3.59. The van der Waals surface area contributed by atoms with Crippen molar-refractivity contribution in [1.29, 1.82) is 0 Å². The van der Waals surface area contributed by atoms with Gasteiger partial charge in [0.15, 0.2) is 0 Å². The Balaban J connectivity index is 0.00000121. The van der Waals surface area contributed by atoms with Crippen LogP contribution in [0.15, 0.2) is 0 Å². The molecular weight excluding hydrogens is 172 g/mol. The molecule has 1 heterocycles. The molecule has 74 valence electrons. The molecule has 3 heteroatoms. The van der Waals surface area contributed by atoms with Crippen LogP contribution in [0.2, 0.25) is 0 Å². The summed E-state index contributed by atoms with van der Waals surface area (Å²) in [5.74, 6) is 0. The van der Waals surface area contributed by atoms with Crippen LogP contribution in [-0.4, -0.2) is 17.1 Å². The standard InChI is InChI=1S/C9H20N2.ClH/c1-8(2)5-7(10)6-9(3,4)11-8;/h7,11H,5-6,10H2,1-4H3;1H. The quantitative estimate of drug-likeness (QED) is 0.613. The average molecular weight is 193 g/mol. The monoisotopic (exact) mass is 192 g/mol. The lowest BCUT2D eigenvalue weighted by Crippen LogP contribution is -2.60. The predicted molar refractivity (Wildman–Crippen MR) is 55.8 cm³/mol. The Morgan fingerprint density at radius 1 is 1.08 bits per heavy atom. The van der Waals surface area contributed by atoms with Crippen LogP contribution in [-0.2, 0) is 0 Å². The molecule has 0 unspecified atom stereocenters. The second-order valence-corrected chi connectivity index (χ2v) is 5.06. The second kappa shape index (κ2) is 3.52. The molecule has 0 radical (unpaired) electrons. The largest absolute Gasteiger partial charge is 0.328 e. The summed E-state index contributed by atoms with van der Waals surface area (Å²) >= 11 is 0. The maximum atomic E-state index is 5.95. The van der Waals surface area contributed by atoms with Gasteiger partial charge in [-0.2, -0.15) is 0 Å². The van der Waals surface area contributed by atoms with Gasteiger partial charge in [0.2, 0.25) is 0 Å². The van der Waals surface area contributed by atoms with Gasteiger partial charge in [0.1, 0.15) is 0 Å². The van der Waals surface area contributed by atoms with Crippen molar-refractivity contribution in [3.63, 3.8) is 0 Å². The molecule has 1 aliphatic heterocycles. The molecular formula is C9H21ClN2. The molecule has 0 spiro atoms. The fourth-order valence-electron chi connectivity index (χ4n) is 2.40. The molecule has 0 atom stereocenters. The number of hydrogen-bond acceptors (Lipinski definition) is 2. The van der Waals surface area contributed by atoms with Crippen LogP contribution in [0.4, 0.5) is 0 Å². The van der Waals surface area contributed by atoms with Gasteiger partial charge in [0, 0.05) is 17.1 Å². The van der Waals surface area contributed by atoms with E-state index in [4.69, 9.17) is 5.73 Å². The molecule has 1 rings (SSSR count). The first-order chi connectivity index (χ1) is 4.81. The highest BCUT2D eigenvalue weighted by Crippen LogP contribution is 2.26. The first-order valence-electron chi connectivity index (χ1n) is 4.36. The van der Waals surface area contributed by atoms with Gasteiger partial charge in [0.25, 0.3) is 0 Å². The Hall–Kier alpha value is 0.210. The lowest BCUT2D eigenvalue weighted by Gasteiger charge is -2.45. The van der Waals surface area contributed by atoms with Crippen LogP contribution in [0.1, 0.15) is 40.5 Å². The third-order valence-corrected chi connectivity index (χ3v) is 2.22.